The van der Waals surface area contributed by atoms with Gasteiger partial charge < -0.3 is 0 Å². The van der Waals surface area contributed by atoms with Crippen LogP contribution in [0.2, 0.25) is 5.02 Å². The first-order chi connectivity index (χ1) is 10.0. The smallest absolute Gasteiger partial charge is 0.252 e. The number of halogens is 1. The third-order valence-corrected chi connectivity index (χ3v) is 3.95. The summed E-state index contributed by atoms with van der Waals surface area (Å²) in [6.45, 7) is 1.75. The van der Waals surface area contributed by atoms with Gasteiger partial charge in [-0.05, 0) is 12.5 Å². The molecule has 0 unspecified atom stereocenters. The van der Waals surface area contributed by atoms with Crippen LogP contribution in [-0.4, -0.2) is 22.9 Å². The summed E-state index contributed by atoms with van der Waals surface area (Å²) in [6, 6.07) is 6.18. The molecule has 0 spiro atoms. The Kier molecular flexibility index (Phi) is 6.74. The molecule has 0 saturated heterocycles. The van der Waals surface area contributed by atoms with Gasteiger partial charge in [-0.3, -0.25) is 4.18 Å². The van der Waals surface area contributed by atoms with Crippen molar-refractivity contribution in [2.75, 3.05) is 0 Å². The van der Waals surface area contributed by atoms with E-state index in [1.165, 1.54) is 12.1 Å². The van der Waals surface area contributed by atoms with Crippen molar-refractivity contribution in [2.24, 2.45) is 10.3 Å². The minimum atomic E-state index is -4.38. The Balaban J connectivity index is 3.30. The minimum absolute atomic E-state index is 0.155. The highest BCUT2D eigenvalue weighted by atomic mass is 35.5. The highest BCUT2D eigenvalue weighted by Crippen LogP contribution is 2.32. The van der Waals surface area contributed by atoms with Crippen LogP contribution in [0.4, 0.5) is 0 Å². The summed E-state index contributed by atoms with van der Waals surface area (Å²) in [5.74, 6) is 0. The quantitative estimate of drug-likeness (QED) is 0.697. The Hall–Kier alpha value is -0.750. The van der Waals surface area contributed by atoms with Crippen LogP contribution in [0.15, 0.2) is 24.3 Å². The lowest BCUT2D eigenvalue weighted by molar-refractivity contribution is 0.0560. The topological polar surface area (TPSA) is 139 Å². The van der Waals surface area contributed by atoms with Gasteiger partial charge in [0, 0.05) is 10.6 Å². The summed E-state index contributed by atoms with van der Waals surface area (Å²) in [4.78, 5) is 0. The summed E-state index contributed by atoms with van der Waals surface area (Å²) in [7, 11) is -8.71. The van der Waals surface area contributed by atoms with E-state index in [-0.39, 0.29) is 17.0 Å². The van der Waals surface area contributed by atoms with E-state index < -0.39 is 32.8 Å². The Morgan fingerprint density at radius 3 is 2.09 bits per heavy atom. The maximum absolute atomic E-state index is 11.3. The highest BCUT2D eigenvalue weighted by Gasteiger charge is 2.32. The van der Waals surface area contributed by atoms with Crippen molar-refractivity contribution >= 4 is 32.2 Å². The largest absolute Gasteiger partial charge is 0.333 e. The molecular formula is C11H17ClN2O6S2. The third-order valence-electron chi connectivity index (χ3n) is 2.62. The van der Waals surface area contributed by atoms with Gasteiger partial charge in [-0.1, -0.05) is 43.1 Å². The fourth-order valence-corrected chi connectivity index (χ4v) is 3.17. The molecule has 2 atom stereocenters. The van der Waals surface area contributed by atoms with Crippen LogP contribution in [0.3, 0.4) is 0 Å². The van der Waals surface area contributed by atoms with Gasteiger partial charge in [-0.25, -0.2) is 14.5 Å². The SMILES string of the molecule is CCC[C@@H](OS(N)(=O)=O)[C@H](OS(N)(=O)=O)c1ccccc1Cl. The van der Waals surface area contributed by atoms with Crippen LogP contribution in [-0.2, 0) is 29.0 Å². The lowest BCUT2D eigenvalue weighted by Crippen LogP contribution is -2.33. The molecule has 0 amide bonds. The lowest BCUT2D eigenvalue weighted by atomic mass is 10.0. The number of hydrogen-bond acceptors (Lipinski definition) is 6. The van der Waals surface area contributed by atoms with E-state index in [1.54, 1.807) is 19.1 Å². The van der Waals surface area contributed by atoms with Crippen molar-refractivity contribution < 1.29 is 25.2 Å². The first-order valence-electron chi connectivity index (χ1n) is 6.20. The van der Waals surface area contributed by atoms with Crippen LogP contribution in [0.1, 0.15) is 31.4 Å². The molecule has 22 heavy (non-hydrogen) atoms. The molecule has 1 rings (SSSR count). The molecule has 0 bridgehead atoms. The van der Waals surface area contributed by atoms with E-state index in [1.807, 2.05) is 0 Å². The molecule has 8 nitrogen and oxygen atoms in total. The Bertz CT molecular complexity index is 707. The molecule has 0 aliphatic carbocycles. The molecule has 0 aliphatic heterocycles. The third kappa shape index (κ3) is 6.57. The Morgan fingerprint density at radius 2 is 1.64 bits per heavy atom. The first-order valence-corrected chi connectivity index (χ1v) is 9.52. The van der Waals surface area contributed by atoms with E-state index >= 15 is 0 Å². The van der Waals surface area contributed by atoms with Crippen molar-refractivity contribution in [1.29, 1.82) is 0 Å². The lowest BCUT2D eigenvalue weighted by Gasteiger charge is -2.25. The summed E-state index contributed by atoms with van der Waals surface area (Å²) < 4.78 is 54.5. The van der Waals surface area contributed by atoms with Gasteiger partial charge in [0.05, 0.1) is 0 Å². The molecule has 0 aliphatic rings. The number of nitrogens with two attached hydrogens (primary N) is 2. The second kappa shape index (κ2) is 7.68. The van der Waals surface area contributed by atoms with E-state index in [0.29, 0.717) is 6.42 Å². The van der Waals surface area contributed by atoms with E-state index in [2.05, 4.69) is 0 Å². The second-order valence-corrected chi connectivity index (χ2v) is 7.21. The molecule has 126 valence electrons. The van der Waals surface area contributed by atoms with E-state index in [4.69, 9.17) is 30.2 Å². The van der Waals surface area contributed by atoms with Crippen molar-refractivity contribution in [3.05, 3.63) is 34.9 Å². The summed E-state index contributed by atoms with van der Waals surface area (Å²) in [5.41, 5.74) is 0.222. The minimum Gasteiger partial charge on any atom is -0.252 e. The maximum Gasteiger partial charge on any atom is 0.333 e. The van der Waals surface area contributed by atoms with Crippen LogP contribution in [0.5, 0.6) is 0 Å². The summed E-state index contributed by atoms with van der Waals surface area (Å²) in [5, 5.41) is 9.93. The fourth-order valence-electron chi connectivity index (χ4n) is 1.87. The predicted octanol–water partition coefficient (Wildman–Crippen LogP) is 0.990. The van der Waals surface area contributed by atoms with Crippen LogP contribution < -0.4 is 10.3 Å². The summed E-state index contributed by atoms with van der Waals surface area (Å²) in [6.07, 6.45) is -1.91. The van der Waals surface area contributed by atoms with Gasteiger partial charge in [0.1, 0.15) is 12.2 Å². The first kappa shape index (κ1) is 19.3. The van der Waals surface area contributed by atoms with Crippen LogP contribution >= 0.6 is 11.6 Å². The average molecular weight is 373 g/mol. The van der Waals surface area contributed by atoms with Gasteiger partial charge >= 0.3 is 20.6 Å². The number of benzene rings is 1. The highest BCUT2D eigenvalue weighted by molar-refractivity contribution is 7.84. The van der Waals surface area contributed by atoms with E-state index in [0.717, 1.165) is 0 Å². The predicted molar refractivity (Wildman–Crippen MR) is 81.3 cm³/mol. The summed E-state index contributed by atoms with van der Waals surface area (Å²) >= 11 is 6.01. The molecular weight excluding hydrogens is 356 g/mol. The standard InChI is InChI=1S/C11H17ClN2O6S2/c1-2-5-10(19-21(13,15)16)11(20-22(14,17)18)8-6-3-4-7-9(8)12/h3-4,6-7,10-11H,2,5H2,1H3,(H2,13,15,16)(H2,14,17,18)/t10-,11-/m1/s1. The number of rotatable bonds is 8. The molecule has 0 aromatic heterocycles. The zero-order chi connectivity index (χ0) is 17.0. The monoisotopic (exact) mass is 372 g/mol. The zero-order valence-electron chi connectivity index (χ0n) is 11.7. The molecule has 0 saturated carbocycles. The van der Waals surface area contributed by atoms with Crippen molar-refractivity contribution in [1.82, 2.24) is 0 Å². The molecule has 0 heterocycles. The molecule has 1 aromatic rings. The zero-order valence-corrected chi connectivity index (χ0v) is 14.1. The van der Waals surface area contributed by atoms with Gasteiger partial charge in [0.25, 0.3) is 0 Å². The Morgan fingerprint density at radius 1 is 1.09 bits per heavy atom. The molecule has 0 fully saturated rings. The van der Waals surface area contributed by atoms with Crippen molar-refractivity contribution in [2.45, 2.75) is 32.0 Å². The van der Waals surface area contributed by atoms with E-state index in [9.17, 15) is 16.8 Å². The fraction of sp³-hybridized carbons (Fsp3) is 0.455. The van der Waals surface area contributed by atoms with Crippen molar-refractivity contribution in [3.8, 4) is 0 Å². The maximum atomic E-state index is 11.3. The van der Waals surface area contributed by atoms with Crippen LogP contribution in [0.25, 0.3) is 0 Å². The second-order valence-electron chi connectivity index (χ2n) is 4.45. The van der Waals surface area contributed by atoms with Gasteiger partial charge in [0.2, 0.25) is 0 Å². The van der Waals surface area contributed by atoms with Gasteiger partial charge in [0.15, 0.2) is 0 Å². The molecule has 4 N–H and O–H groups in total. The normalized spacial score (nSPS) is 15.5. The van der Waals surface area contributed by atoms with Gasteiger partial charge in [-0.15, -0.1) is 0 Å². The average Bonchev–Trinajstić information content (AvgIpc) is 2.34. The Labute approximate surface area is 134 Å². The molecule has 0 radical (unpaired) electrons. The molecule has 1 aromatic carbocycles. The van der Waals surface area contributed by atoms with Gasteiger partial charge in [-0.2, -0.15) is 16.8 Å². The van der Waals surface area contributed by atoms with Crippen LogP contribution in [0, 0.1) is 0 Å². The van der Waals surface area contributed by atoms with Crippen molar-refractivity contribution in [3.63, 3.8) is 0 Å². The number of hydrogen-bond donors (Lipinski definition) is 2. The molecule has 11 heteroatoms.